The predicted octanol–water partition coefficient (Wildman–Crippen LogP) is 3.01. The van der Waals surface area contributed by atoms with Gasteiger partial charge in [0.1, 0.15) is 5.65 Å². The van der Waals surface area contributed by atoms with Gasteiger partial charge >= 0.3 is 6.16 Å². The second-order valence-electron chi connectivity index (χ2n) is 5.06. The molecular formula is C13H16N2O3. The van der Waals surface area contributed by atoms with E-state index in [1.165, 1.54) is 7.11 Å². The first kappa shape index (κ1) is 12.4. The summed E-state index contributed by atoms with van der Waals surface area (Å²) in [4.78, 5) is 18.5. The number of nitrogens with one attached hydrogen (secondary N) is 1. The Labute approximate surface area is 105 Å². The maximum atomic E-state index is 11.2. The standard InChI is InChI=1S/C13H16N2O3/c1-13(2,3)9-7-8-5-6-14-10(8)15-11(9)18-12(16)17-4/h5-7H,1-4H3,(H,14,15). The topological polar surface area (TPSA) is 64.2 Å². The van der Waals surface area contributed by atoms with E-state index >= 15 is 0 Å². The molecule has 0 bridgehead atoms. The van der Waals surface area contributed by atoms with Crippen LogP contribution in [0.15, 0.2) is 18.3 Å². The summed E-state index contributed by atoms with van der Waals surface area (Å²) < 4.78 is 9.61. The summed E-state index contributed by atoms with van der Waals surface area (Å²) in [6.45, 7) is 6.10. The molecule has 0 saturated heterocycles. The molecule has 5 heteroatoms. The summed E-state index contributed by atoms with van der Waals surface area (Å²) >= 11 is 0. The highest BCUT2D eigenvalue weighted by Crippen LogP contribution is 2.32. The van der Waals surface area contributed by atoms with Crippen LogP contribution in [0.2, 0.25) is 0 Å². The molecule has 0 radical (unpaired) electrons. The zero-order valence-electron chi connectivity index (χ0n) is 10.9. The SMILES string of the molecule is COC(=O)Oc1nc2[nH]ccc2cc1C(C)(C)C. The highest BCUT2D eigenvalue weighted by molar-refractivity contribution is 5.78. The van der Waals surface area contributed by atoms with Crippen LogP contribution in [0.25, 0.3) is 11.0 Å². The molecule has 0 saturated carbocycles. The number of carbonyl (C=O) groups excluding carboxylic acids is 1. The molecule has 0 aliphatic rings. The smallest absolute Gasteiger partial charge is 0.437 e. The van der Waals surface area contributed by atoms with E-state index in [0.717, 1.165) is 10.9 Å². The maximum Gasteiger partial charge on any atom is 0.514 e. The summed E-state index contributed by atoms with van der Waals surface area (Å²) in [5, 5.41) is 0.983. The van der Waals surface area contributed by atoms with E-state index in [0.29, 0.717) is 5.65 Å². The van der Waals surface area contributed by atoms with E-state index in [2.05, 4.69) is 14.7 Å². The van der Waals surface area contributed by atoms with Crippen molar-refractivity contribution in [2.45, 2.75) is 26.2 Å². The van der Waals surface area contributed by atoms with E-state index < -0.39 is 6.16 Å². The second kappa shape index (κ2) is 4.33. The number of ether oxygens (including phenoxy) is 2. The van der Waals surface area contributed by atoms with Gasteiger partial charge in [0.2, 0.25) is 5.88 Å². The van der Waals surface area contributed by atoms with E-state index in [1.54, 1.807) is 6.20 Å². The molecule has 0 fully saturated rings. The molecule has 0 aliphatic carbocycles. The Morgan fingerprint density at radius 3 is 2.72 bits per heavy atom. The zero-order chi connectivity index (χ0) is 13.3. The number of rotatable bonds is 1. The molecule has 0 amide bonds. The molecule has 1 N–H and O–H groups in total. The van der Waals surface area contributed by atoms with Gasteiger partial charge in [0, 0.05) is 17.1 Å². The lowest BCUT2D eigenvalue weighted by Gasteiger charge is -2.21. The summed E-state index contributed by atoms with van der Waals surface area (Å²) in [7, 11) is 1.27. The van der Waals surface area contributed by atoms with Crippen molar-refractivity contribution in [2.75, 3.05) is 7.11 Å². The molecule has 0 atom stereocenters. The van der Waals surface area contributed by atoms with Crippen molar-refractivity contribution in [3.05, 3.63) is 23.9 Å². The van der Waals surface area contributed by atoms with Crippen molar-refractivity contribution < 1.29 is 14.3 Å². The van der Waals surface area contributed by atoms with Crippen molar-refractivity contribution in [2.24, 2.45) is 0 Å². The van der Waals surface area contributed by atoms with Gasteiger partial charge in [0.15, 0.2) is 0 Å². The summed E-state index contributed by atoms with van der Waals surface area (Å²) in [6, 6.07) is 3.90. The second-order valence-corrected chi connectivity index (χ2v) is 5.06. The van der Waals surface area contributed by atoms with E-state index in [9.17, 15) is 4.79 Å². The van der Waals surface area contributed by atoms with Crippen LogP contribution in [0.3, 0.4) is 0 Å². The Kier molecular flexibility index (Phi) is 2.98. The average molecular weight is 248 g/mol. The first-order valence-corrected chi connectivity index (χ1v) is 5.66. The number of carbonyl (C=O) groups is 1. The van der Waals surface area contributed by atoms with Gasteiger partial charge in [0.25, 0.3) is 0 Å². The number of aromatic nitrogens is 2. The summed E-state index contributed by atoms with van der Waals surface area (Å²) in [5.74, 6) is 0.282. The molecule has 18 heavy (non-hydrogen) atoms. The largest absolute Gasteiger partial charge is 0.514 e. The van der Waals surface area contributed by atoms with E-state index in [1.807, 2.05) is 32.9 Å². The lowest BCUT2D eigenvalue weighted by molar-refractivity contribution is 0.119. The van der Waals surface area contributed by atoms with Crippen molar-refractivity contribution >= 4 is 17.2 Å². The van der Waals surface area contributed by atoms with Crippen molar-refractivity contribution in [1.29, 1.82) is 0 Å². The first-order chi connectivity index (χ1) is 8.41. The number of nitrogens with zero attached hydrogens (tertiary/aromatic N) is 1. The first-order valence-electron chi connectivity index (χ1n) is 5.66. The number of pyridine rings is 1. The van der Waals surface area contributed by atoms with Crippen LogP contribution in [0.1, 0.15) is 26.3 Å². The molecule has 0 spiro atoms. The Balaban J connectivity index is 2.56. The van der Waals surface area contributed by atoms with Gasteiger partial charge in [-0.1, -0.05) is 20.8 Å². The van der Waals surface area contributed by atoms with Gasteiger partial charge < -0.3 is 14.5 Å². The molecule has 0 aromatic carbocycles. The zero-order valence-corrected chi connectivity index (χ0v) is 10.9. The molecule has 2 rings (SSSR count). The van der Waals surface area contributed by atoms with Gasteiger partial charge in [-0.15, -0.1) is 0 Å². The van der Waals surface area contributed by atoms with Gasteiger partial charge in [-0.05, 0) is 17.5 Å². The molecule has 2 aromatic rings. The Morgan fingerprint density at radius 2 is 2.11 bits per heavy atom. The fraction of sp³-hybridized carbons (Fsp3) is 0.385. The minimum atomic E-state index is -0.765. The Bertz CT molecular complexity index is 581. The number of hydrogen-bond donors (Lipinski definition) is 1. The lowest BCUT2D eigenvalue weighted by atomic mass is 9.87. The minimum absolute atomic E-state index is 0.179. The molecule has 2 aromatic heterocycles. The maximum absolute atomic E-state index is 11.2. The summed E-state index contributed by atoms with van der Waals surface area (Å²) in [5.41, 5.74) is 1.36. The Morgan fingerprint density at radius 1 is 1.39 bits per heavy atom. The van der Waals surface area contributed by atoms with Crippen LogP contribution < -0.4 is 4.74 Å². The summed E-state index contributed by atoms with van der Waals surface area (Å²) in [6.07, 6.45) is 1.03. The fourth-order valence-electron chi connectivity index (χ4n) is 1.70. The van der Waals surface area contributed by atoms with E-state index in [-0.39, 0.29) is 11.3 Å². The van der Waals surface area contributed by atoms with Crippen LogP contribution in [0, 0.1) is 0 Å². The van der Waals surface area contributed by atoms with Gasteiger partial charge in [-0.2, -0.15) is 4.98 Å². The number of fused-ring (bicyclic) bond motifs is 1. The van der Waals surface area contributed by atoms with Crippen LogP contribution >= 0.6 is 0 Å². The van der Waals surface area contributed by atoms with Crippen LogP contribution in [0.5, 0.6) is 5.88 Å². The predicted molar refractivity (Wildman–Crippen MR) is 67.8 cm³/mol. The molecule has 0 unspecified atom stereocenters. The minimum Gasteiger partial charge on any atom is -0.437 e. The fourth-order valence-corrected chi connectivity index (χ4v) is 1.70. The molecule has 5 nitrogen and oxygen atoms in total. The number of hydrogen-bond acceptors (Lipinski definition) is 4. The van der Waals surface area contributed by atoms with Gasteiger partial charge in [-0.3, -0.25) is 0 Å². The Hall–Kier alpha value is -2.04. The number of H-pyrrole nitrogens is 1. The highest BCUT2D eigenvalue weighted by Gasteiger charge is 2.23. The van der Waals surface area contributed by atoms with Crippen LogP contribution in [0.4, 0.5) is 4.79 Å². The number of methoxy groups -OCH3 is 1. The van der Waals surface area contributed by atoms with Crippen molar-refractivity contribution in [1.82, 2.24) is 9.97 Å². The monoisotopic (exact) mass is 248 g/mol. The third-order valence-electron chi connectivity index (χ3n) is 2.65. The normalized spacial score (nSPS) is 11.6. The third kappa shape index (κ3) is 2.30. The van der Waals surface area contributed by atoms with Gasteiger partial charge in [0.05, 0.1) is 7.11 Å². The average Bonchev–Trinajstić information content (AvgIpc) is 2.73. The third-order valence-corrected chi connectivity index (χ3v) is 2.65. The highest BCUT2D eigenvalue weighted by atomic mass is 16.7. The van der Waals surface area contributed by atoms with Crippen molar-refractivity contribution in [3.63, 3.8) is 0 Å². The molecule has 96 valence electrons. The van der Waals surface area contributed by atoms with Crippen LogP contribution in [-0.2, 0) is 10.2 Å². The lowest BCUT2D eigenvalue weighted by Crippen LogP contribution is -2.17. The van der Waals surface area contributed by atoms with Crippen molar-refractivity contribution in [3.8, 4) is 5.88 Å². The molecular weight excluding hydrogens is 232 g/mol. The van der Waals surface area contributed by atoms with Gasteiger partial charge in [-0.25, -0.2) is 4.79 Å². The quantitative estimate of drug-likeness (QED) is 0.788. The van der Waals surface area contributed by atoms with Crippen LogP contribution in [-0.4, -0.2) is 23.2 Å². The van der Waals surface area contributed by atoms with E-state index in [4.69, 9.17) is 4.74 Å². The number of aromatic amines is 1. The molecule has 0 aliphatic heterocycles. The molecule has 2 heterocycles.